The molecule has 0 aromatic heterocycles. The van der Waals surface area contributed by atoms with E-state index in [1.807, 2.05) is 0 Å². The first-order chi connectivity index (χ1) is 9.88. The monoisotopic (exact) mass is 306 g/mol. The lowest BCUT2D eigenvalue weighted by Gasteiger charge is -2.15. The number of hydrogen-bond acceptors (Lipinski definition) is 2. The summed E-state index contributed by atoms with van der Waals surface area (Å²) in [5, 5.41) is 9.94. The molecule has 1 aromatic carbocycles. The molecule has 2 nitrogen and oxygen atoms in total. The molecule has 21 heavy (non-hydrogen) atoms. The molecule has 2 rings (SSSR count). The molecule has 0 spiro atoms. The molecule has 0 radical (unpaired) electrons. The van der Waals surface area contributed by atoms with Crippen LogP contribution in [0.1, 0.15) is 49.3 Å². The highest BCUT2D eigenvalue weighted by Crippen LogP contribution is 2.33. The summed E-state index contributed by atoms with van der Waals surface area (Å²) in [7, 11) is 0. The fourth-order valence-corrected chi connectivity index (χ4v) is 2.54. The van der Waals surface area contributed by atoms with Crippen LogP contribution < -0.4 is 0 Å². The van der Waals surface area contributed by atoms with Gasteiger partial charge in [0.1, 0.15) is 5.82 Å². The van der Waals surface area contributed by atoms with Crippen LogP contribution in [0.3, 0.4) is 0 Å². The highest BCUT2D eigenvalue weighted by atomic mass is 19.4. The molecule has 6 heteroatoms. The van der Waals surface area contributed by atoms with Crippen molar-refractivity contribution < 1.29 is 27.4 Å². The van der Waals surface area contributed by atoms with E-state index >= 15 is 0 Å². The molecule has 2 unspecified atom stereocenters. The Labute approximate surface area is 120 Å². The molecule has 2 atom stereocenters. The minimum atomic E-state index is -4.75. The van der Waals surface area contributed by atoms with Crippen molar-refractivity contribution >= 4 is 0 Å². The van der Waals surface area contributed by atoms with E-state index < -0.39 is 23.7 Å². The summed E-state index contributed by atoms with van der Waals surface area (Å²) in [5.41, 5.74) is -1.24. The fourth-order valence-electron chi connectivity index (χ4n) is 2.54. The predicted molar refractivity (Wildman–Crippen MR) is 69.2 cm³/mol. The molecule has 1 heterocycles. The Morgan fingerprint density at radius 2 is 2.10 bits per heavy atom. The van der Waals surface area contributed by atoms with Crippen molar-refractivity contribution in [2.24, 2.45) is 0 Å². The zero-order valence-corrected chi connectivity index (χ0v) is 11.5. The molecular formula is C15H18F4O2. The third-order valence-corrected chi connectivity index (χ3v) is 3.71. The van der Waals surface area contributed by atoms with E-state index in [-0.39, 0.29) is 11.7 Å². The van der Waals surface area contributed by atoms with Crippen molar-refractivity contribution in [1.82, 2.24) is 0 Å². The minimum absolute atomic E-state index is 0.0936. The molecule has 0 aliphatic carbocycles. The molecule has 1 N–H and O–H groups in total. The Hall–Kier alpha value is -1.14. The van der Waals surface area contributed by atoms with Crippen LogP contribution in [0, 0.1) is 5.82 Å². The highest BCUT2D eigenvalue weighted by molar-refractivity contribution is 5.28. The summed E-state index contributed by atoms with van der Waals surface area (Å²) in [6.45, 7) is 0.750. The van der Waals surface area contributed by atoms with Crippen LogP contribution in [0.4, 0.5) is 17.6 Å². The second-order valence-corrected chi connectivity index (χ2v) is 5.32. The van der Waals surface area contributed by atoms with Crippen LogP contribution in [-0.2, 0) is 10.9 Å². The molecule has 1 aliphatic rings. The molecule has 1 aromatic rings. The van der Waals surface area contributed by atoms with Crippen LogP contribution in [0.15, 0.2) is 18.2 Å². The molecule has 1 aliphatic heterocycles. The van der Waals surface area contributed by atoms with Crippen molar-refractivity contribution in [1.29, 1.82) is 0 Å². The Morgan fingerprint density at radius 3 is 2.71 bits per heavy atom. The number of benzene rings is 1. The third kappa shape index (κ3) is 4.41. The molecule has 118 valence electrons. The van der Waals surface area contributed by atoms with Gasteiger partial charge in [-0.1, -0.05) is 6.07 Å². The predicted octanol–water partition coefficient (Wildman–Crippen LogP) is 4.23. The van der Waals surface area contributed by atoms with Crippen LogP contribution in [0.5, 0.6) is 0 Å². The average Bonchev–Trinajstić information content (AvgIpc) is 2.91. The maximum Gasteiger partial charge on any atom is 0.419 e. The maximum absolute atomic E-state index is 13.2. The normalized spacial score (nSPS) is 20.7. The smallest absolute Gasteiger partial charge is 0.388 e. The molecule has 0 bridgehead atoms. The second-order valence-electron chi connectivity index (χ2n) is 5.32. The van der Waals surface area contributed by atoms with Gasteiger partial charge in [0.15, 0.2) is 0 Å². The summed E-state index contributed by atoms with van der Waals surface area (Å²) in [5.74, 6) is -1.32. The number of halogens is 4. The number of hydrogen-bond donors (Lipinski definition) is 1. The number of rotatable bonds is 5. The summed E-state index contributed by atoms with van der Waals surface area (Å²) in [6.07, 6.45) is -1.79. The number of aliphatic hydroxyl groups excluding tert-OH is 1. The summed E-state index contributed by atoms with van der Waals surface area (Å²) >= 11 is 0. The van der Waals surface area contributed by atoms with E-state index in [2.05, 4.69) is 0 Å². The number of alkyl halides is 3. The van der Waals surface area contributed by atoms with Gasteiger partial charge in [-0.2, -0.15) is 13.2 Å². The molecule has 1 saturated heterocycles. The number of ether oxygens (including phenoxy) is 1. The lowest BCUT2D eigenvalue weighted by Crippen LogP contribution is -2.10. The van der Waals surface area contributed by atoms with Crippen LogP contribution >= 0.6 is 0 Å². The largest absolute Gasteiger partial charge is 0.419 e. The second kappa shape index (κ2) is 6.75. The Kier molecular flexibility index (Phi) is 5.22. The number of aliphatic hydroxyl groups is 1. The van der Waals surface area contributed by atoms with Gasteiger partial charge in [-0.3, -0.25) is 0 Å². The first-order valence-corrected chi connectivity index (χ1v) is 7.04. The van der Waals surface area contributed by atoms with Crippen molar-refractivity contribution in [2.45, 2.75) is 50.5 Å². The molecule has 0 saturated carbocycles. The Morgan fingerprint density at radius 1 is 1.33 bits per heavy atom. The first kappa shape index (κ1) is 16.2. The first-order valence-electron chi connectivity index (χ1n) is 7.04. The standard InChI is InChI=1S/C15H18F4O2/c16-13-7-6-10(9-12(13)15(17,18)19)14(20)5-1-3-11-4-2-8-21-11/h6-7,9,11,14,20H,1-5,8H2. The summed E-state index contributed by atoms with van der Waals surface area (Å²) < 4.78 is 56.4. The fraction of sp³-hybridized carbons (Fsp3) is 0.600. The van der Waals surface area contributed by atoms with Gasteiger partial charge in [0.2, 0.25) is 0 Å². The van der Waals surface area contributed by atoms with Crippen LogP contribution in [-0.4, -0.2) is 17.8 Å². The van der Waals surface area contributed by atoms with Crippen LogP contribution in [0.2, 0.25) is 0 Å². The van der Waals surface area contributed by atoms with E-state index in [0.717, 1.165) is 31.9 Å². The maximum atomic E-state index is 13.2. The third-order valence-electron chi connectivity index (χ3n) is 3.71. The van der Waals surface area contributed by atoms with Gasteiger partial charge >= 0.3 is 6.18 Å². The van der Waals surface area contributed by atoms with E-state index in [1.54, 1.807) is 0 Å². The van der Waals surface area contributed by atoms with Crippen LogP contribution in [0.25, 0.3) is 0 Å². The van der Waals surface area contributed by atoms with Gasteiger partial charge in [-0.25, -0.2) is 4.39 Å². The lowest BCUT2D eigenvalue weighted by atomic mass is 9.99. The van der Waals surface area contributed by atoms with Gasteiger partial charge in [-0.15, -0.1) is 0 Å². The van der Waals surface area contributed by atoms with E-state index in [1.165, 1.54) is 6.07 Å². The molecule has 0 amide bonds. The Bertz CT molecular complexity index is 467. The quantitative estimate of drug-likeness (QED) is 0.825. The Balaban J connectivity index is 1.93. The lowest BCUT2D eigenvalue weighted by molar-refractivity contribution is -0.140. The van der Waals surface area contributed by atoms with Gasteiger partial charge in [-0.05, 0) is 49.8 Å². The topological polar surface area (TPSA) is 29.5 Å². The average molecular weight is 306 g/mol. The van der Waals surface area contributed by atoms with Crippen molar-refractivity contribution in [3.05, 3.63) is 35.1 Å². The van der Waals surface area contributed by atoms with Gasteiger partial charge < -0.3 is 9.84 Å². The summed E-state index contributed by atoms with van der Waals surface area (Å²) in [6, 6.07) is 2.63. The minimum Gasteiger partial charge on any atom is -0.388 e. The van der Waals surface area contributed by atoms with Gasteiger partial charge in [0.05, 0.1) is 17.8 Å². The zero-order valence-electron chi connectivity index (χ0n) is 11.5. The van der Waals surface area contributed by atoms with Crippen molar-refractivity contribution in [3.63, 3.8) is 0 Å². The van der Waals surface area contributed by atoms with E-state index in [4.69, 9.17) is 4.74 Å². The highest BCUT2D eigenvalue weighted by Gasteiger charge is 2.34. The van der Waals surface area contributed by atoms with Crippen molar-refractivity contribution in [2.75, 3.05) is 6.61 Å². The SMILES string of the molecule is OC(CCCC1CCCO1)c1ccc(F)c(C(F)(F)F)c1. The van der Waals surface area contributed by atoms with Gasteiger partial charge in [0.25, 0.3) is 0 Å². The van der Waals surface area contributed by atoms with E-state index in [9.17, 15) is 22.7 Å². The van der Waals surface area contributed by atoms with Gasteiger partial charge in [0, 0.05) is 6.61 Å². The summed E-state index contributed by atoms with van der Waals surface area (Å²) in [4.78, 5) is 0. The zero-order chi connectivity index (χ0) is 15.5. The van der Waals surface area contributed by atoms with Crippen molar-refractivity contribution in [3.8, 4) is 0 Å². The molecule has 1 fully saturated rings. The van der Waals surface area contributed by atoms with E-state index in [0.29, 0.717) is 18.9 Å². The molecular weight excluding hydrogens is 288 g/mol.